The lowest BCUT2D eigenvalue weighted by atomic mass is 9.94. The maximum atomic E-state index is 10.7. The van der Waals surface area contributed by atoms with Crippen LogP contribution >= 0.6 is 15.9 Å². The third-order valence-electron chi connectivity index (χ3n) is 3.06. The van der Waals surface area contributed by atoms with Crippen LogP contribution in [0.4, 0.5) is 0 Å². The van der Waals surface area contributed by atoms with Gasteiger partial charge in [0.1, 0.15) is 11.8 Å². The summed E-state index contributed by atoms with van der Waals surface area (Å²) in [6.45, 7) is 5.53. The number of phenolic OH excluding ortho intramolecular Hbond substituents is 1. The molecule has 1 atom stereocenters. The molecule has 0 bridgehead atoms. The van der Waals surface area contributed by atoms with E-state index in [9.17, 15) is 9.90 Å². The first-order chi connectivity index (χ1) is 7.77. The highest BCUT2D eigenvalue weighted by atomic mass is 79.9. The molecule has 0 fully saturated rings. The molecule has 1 aromatic carbocycles. The topological polar surface area (TPSA) is 83.6 Å². The van der Waals surface area contributed by atoms with Gasteiger partial charge in [-0.2, -0.15) is 0 Å². The number of aliphatic carboxylic acids is 1. The molecule has 0 heterocycles. The van der Waals surface area contributed by atoms with Crippen molar-refractivity contribution < 1.29 is 15.0 Å². The Morgan fingerprint density at radius 2 is 1.82 bits per heavy atom. The van der Waals surface area contributed by atoms with Gasteiger partial charge in [0.05, 0.1) is 0 Å². The molecule has 0 aliphatic rings. The summed E-state index contributed by atoms with van der Waals surface area (Å²) < 4.78 is 0.889. The molecule has 0 spiro atoms. The van der Waals surface area contributed by atoms with Crippen LogP contribution in [-0.2, 0) is 11.2 Å². The molecule has 0 aliphatic heterocycles. The fraction of sp³-hybridized carbons (Fsp3) is 0.417. The highest BCUT2D eigenvalue weighted by Gasteiger charge is 2.20. The van der Waals surface area contributed by atoms with E-state index in [1.165, 1.54) is 0 Å². The number of carboxylic acids is 1. The maximum Gasteiger partial charge on any atom is 0.320 e. The molecular formula is C12H16BrNO3. The molecular weight excluding hydrogens is 286 g/mol. The van der Waals surface area contributed by atoms with Crippen LogP contribution < -0.4 is 5.73 Å². The lowest BCUT2D eigenvalue weighted by molar-refractivity contribution is -0.138. The van der Waals surface area contributed by atoms with E-state index in [1.807, 2.05) is 13.8 Å². The van der Waals surface area contributed by atoms with Crippen LogP contribution in [0.1, 0.15) is 22.3 Å². The van der Waals surface area contributed by atoms with Gasteiger partial charge in [0.15, 0.2) is 0 Å². The second kappa shape index (κ2) is 5.06. The Hall–Kier alpha value is -1.07. The van der Waals surface area contributed by atoms with E-state index in [-0.39, 0.29) is 12.2 Å². The predicted molar refractivity (Wildman–Crippen MR) is 69.3 cm³/mol. The zero-order chi connectivity index (χ0) is 13.3. The number of phenols is 1. The minimum Gasteiger partial charge on any atom is -0.507 e. The van der Waals surface area contributed by atoms with Crippen LogP contribution in [-0.4, -0.2) is 22.2 Å². The standard InChI is InChI=1S/C12H16BrNO3/c1-5-6(2)11(15)8(7(3)10(5)13)4-9(14)12(16)17/h9,15H,4,14H2,1-3H3,(H,16,17). The van der Waals surface area contributed by atoms with Crippen LogP contribution in [0, 0.1) is 20.8 Å². The summed E-state index contributed by atoms with van der Waals surface area (Å²) in [6.07, 6.45) is 0.118. The summed E-state index contributed by atoms with van der Waals surface area (Å²) in [5.74, 6) is -0.932. The number of rotatable bonds is 3. The number of halogens is 1. The molecule has 1 unspecified atom stereocenters. The number of carboxylic acid groups (broad SMARTS) is 1. The SMILES string of the molecule is Cc1c(C)c(Br)c(C)c(CC(N)C(=O)O)c1O. The summed E-state index contributed by atoms with van der Waals surface area (Å²) in [4.78, 5) is 10.7. The van der Waals surface area contributed by atoms with Gasteiger partial charge in [0.25, 0.3) is 0 Å². The minimum atomic E-state index is -1.07. The molecule has 4 N–H and O–H groups in total. The third kappa shape index (κ3) is 2.61. The van der Waals surface area contributed by atoms with Crippen molar-refractivity contribution in [1.29, 1.82) is 0 Å². The first-order valence-electron chi connectivity index (χ1n) is 5.22. The van der Waals surface area contributed by atoms with E-state index in [2.05, 4.69) is 15.9 Å². The van der Waals surface area contributed by atoms with Crippen LogP contribution in [0.5, 0.6) is 5.75 Å². The monoisotopic (exact) mass is 301 g/mol. The van der Waals surface area contributed by atoms with E-state index < -0.39 is 12.0 Å². The van der Waals surface area contributed by atoms with Crippen molar-refractivity contribution in [3.05, 3.63) is 26.7 Å². The quantitative estimate of drug-likeness (QED) is 0.798. The Morgan fingerprint density at radius 3 is 2.29 bits per heavy atom. The van der Waals surface area contributed by atoms with Crippen LogP contribution in [0.25, 0.3) is 0 Å². The molecule has 4 nitrogen and oxygen atoms in total. The van der Waals surface area contributed by atoms with Crippen molar-refractivity contribution in [1.82, 2.24) is 0 Å². The van der Waals surface area contributed by atoms with Crippen LogP contribution in [0.15, 0.2) is 4.47 Å². The smallest absolute Gasteiger partial charge is 0.320 e. The maximum absolute atomic E-state index is 10.7. The van der Waals surface area contributed by atoms with E-state index in [4.69, 9.17) is 10.8 Å². The third-order valence-corrected chi connectivity index (χ3v) is 4.25. The first-order valence-corrected chi connectivity index (χ1v) is 6.02. The Bertz CT molecular complexity index is 442. The van der Waals surface area contributed by atoms with Crippen molar-refractivity contribution in [3.8, 4) is 5.75 Å². The molecule has 0 saturated carbocycles. The van der Waals surface area contributed by atoms with Crippen molar-refractivity contribution in [2.24, 2.45) is 5.73 Å². The van der Waals surface area contributed by atoms with Gasteiger partial charge < -0.3 is 15.9 Å². The summed E-state index contributed by atoms with van der Waals surface area (Å²) in [6, 6.07) is -1.01. The molecule has 0 aliphatic carbocycles. The number of hydrogen-bond acceptors (Lipinski definition) is 3. The van der Waals surface area contributed by atoms with E-state index in [0.29, 0.717) is 5.56 Å². The van der Waals surface area contributed by atoms with Gasteiger partial charge in [-0.15, -0.1) is 0 Å². The zero-order valence-electron chi connectivity index (χ0n) is 10.0. The van der Waals surface area contributed by atoms with Gasteiger partial charge in [0, 0.05) is 16.5 Å². The zero-order valence-corrected chi connectivity index (χ0v) is 11.6. The van der Waals surface area contributed by atoms with Gasteiger partial charge in [-0.05, 0) is 37.5 Å². The van der Waals surface area contributed by atoms with E-state index in [1.54, 1.807) is 6.92 Å². The van der Waals surface area contributed by atoms with E-state index in [0.717, 1.165) is 21.2 Å². The molecule has 94 valence electrons. The summed E-state index contributed by atoms with van der Waals surface area (Å²) >= 11 is 3.44. The fourth-order valence-corrected chi connectivity index (χ4v) is 2.25. The molecule has 0 aromatic heterocycles. The fourth-order valence-electron chi connectivity index (χ4n) is 1.72. The second-order valence-electron chi connectivity index (χ2n) is 4.16. The number of aromatic hydroxyl groups is 1. The average Bonchev–Trinajstić information content (AvgIpc) is 2.29. The Kier molecular flexibility index (Phi) is 4.16. The van der Waals surface area contributed by atoms with Crippen molar-refractivity contribution >= 4 is 21.9 Å². The lowest BCUT2D eigenvalue weighted by Gasteiger charge is -2.17. The Labute approximate surface area is 109 Å². The minimum absolute atomic E-state index is 0.118. The average molecular weight is 302 g/mol. The molecule has 1 aromatic rings. The molecule has 5 heteroatoms. The number of nitrogens with two attached hydrogens (primary N) is 1. The van der Waals surface area contributed by atoms with E-state index >= 15 is 0 Å². The van der Waals surface area contributed by atoms with Gasteiger partial charge >= 0.3 is 5.97 Å². The Balaban J connectivity index is 3.30. The predicted octanol–water partition coefficient (Wildman–Crippen LogP) is 2.03. The normalized spacial score (nSPS) is 12.5. The largest absolute Gasteiger partial charge is 0.507 e. The highest BCUT2D eigenvalue weighted by Crippen LogP contribution is 2.35. The van der Waals surface area contributed by atoms with Gasteiger partial charge in [0.2, 0.25) is 0 Å². The molecule has 1 rings (SSSR count). The van der Waals surface area contributed by atoms with Gasteiger partial charge in [-0.1, -0.05) is 15.9 Å². The van der Waals surface area contributed by atoms with Gasteiger partial charge in [-0.3, -0.25) is 4.79 Å². The van der Waals surface area contributed by atoms with Crippen molar-refractivity contribution in [3.63, 3.8) is 0 Å². The summed E-state index contributed by atoms with van der Waals surface area (Å²) in [5, 5.41) is 18.8. The summed E-state index contributed by atoms with van der Waals surface area (Å²) in [7, 11) is 0. The number of benzene rings is 1. The van der Waals surface area contributed by atoms with Crippen LogP contribution in [0.3, 0.4) is 0 Å². The van der Waals surface area contributed by atoms with Crippen molar-refractivity contribution in [2.75, 3.05) is 0 Å². The Morgan fingerprint density at radius 1 is 1.29 bits per heavy atom. The second-order valence-corrected chi connectivity index (χ2v) is 4.96. The molecule has 17 heavy (non-hydrogen) atoms. The summed E-state index contributed by atoms with van der Waals surface area (Å²) in [5.41, 5.74) is 8.62. The molecule has 0 radical (unpaired) electrons. The first kappa shape index (κ1) is 14.0. The highest BCUT2D eigenvalue weighted by molar-refractivity contribution is 9.10. The van der Waals surface area contributed by atoms with Gasteiger partial charge in [-0.25, -0.2) is 0 Å². The molecule has 0 amide bonds. The lowest BCUT2D eigenvalue weighted by Crippen LogP contribution is -2.32. The van der Waals surface area contributed by atoms with Crippen molar-refractivity contribution in [2.45, 2.75) is 33.2 Å². The molecule has 0 saturated heterocycles. The number of hydrogen-bond donors (Lipinski definition) is 3. The van der Waals surface area contributed by atoms with Crippen LogP contribution in [0.2, 0.25) is 0 Å². The number of carbonyl (C=O) groups is 1.